The van der Waals surface area contributed by atoms with Crippen LogP contribution < -0.4 is 0 Å². The van der Waals surface area contributed by atoms with Crippen molar-refractivity contribution in [1.29, 1.82) is 0 Å². The van der Waals surface area contributed by atoms with Gasteiger partial charge in [-0.2, -0.15) is 0 Å². The first kappa shape index (κ1) is 19.7. The molecule has 0 radical (unpaired) electrons. The Morgan fingerprint density at radius 3 is 2.68 bits per heavy atom. The summed E-state index contributed by atoms with van der Waals surface area (Å²) < 4.78 is 10.6. The third-order valence-corrected chi connectivity index (χ3v) is 8.91. The fourth-order valence-electron chi connectivity index (χ4n) is 7.38. The van der Waals surface area contributed by atoms with E-state index in [1.165, 1.54) is 19.1 Å². The molecule has 0 heterocycles. The van der Waals surface area contributed by atoms with E-state index < -0.39 is 6.16 Å². The molecule has 0 N–H and O–H groups in total. The van der Waals surface area contributed by atoms with Gasteiger partial charge in [-0.05, 0) is 68.1 Å². The fraction of sp³-hybridized carbons (Fsp3) is 0.750. The van der Waals surface area contributed by atoms with E-state index in [2.05, 4.69) is 32.9 Å². The third-order valence-electron chi connectivity index (χ3n) is 8.91. The van der Waals surface area contributed by atoms with Gasteiger partial charge in [0.15, 0.2) is 0 Å². The van der Waals surface area contributed by atoms with E-state index in [1.54, 1.807) is 5.57 Å². The summed E-state index contributed by atoms with van der Waals surface area (Å²) in [7, 11) is 1.38. The zero-order valence-electron chi connectivity index (χ0n) is 17.7. The molecule has 0 spiro atoms. The topological polar surface area (TPSA) is 52.6 Å². The quantitative estimate of drug-likeness (QED) is 0.476. The van der Waals surface area contributed by atoms with Crippen LogP contribution >= 0.6 is 0 Å². The summed E-state index contributed by atoms with van der Waals surface area (Å²) >= 11 is 0. The van der Waals surface area contributed by atoms with Crippen LogP contribution in [0, 0.1) is 34.5 Å². The van der Waals surface area contributed by atoms with Crippen LogP contribution in [0.15, 0.2) is 23.3 Å². The number of aldehydes is 1. The molecule has 0 aliphatic heterocycles. The van der Waals surface area contributed by atoms with Gasteiger partial charge in [-0.25, -0.2) is 4.79 Å². The minimum Gasteiger partial charge on any atom is -0.438 e. The fourth-order valence-corrected chi connectivity index (χ4v) is 7.38. The molecular weight excluding hydrogens is 352 g/mol. The van der Waals surface area contributed by atoms with Crippen LogP contribution in [0.2, 0.25) is 0 Å². The summed E-state index contributed by atoms with van der Waals surface area (Å²) in [5, 5.41) is 0. The van der Waals surface area contributed by atoms with Crippen molar-refractivity contribution in [2.45, 2.75) is 71.8 Å². The van der Waals surface area contributed by atoms with Crippen molar-refractivity contribution in [3.63, 3.8) is 0 Å². The van der Waals surface area contributed by atoms with Crippen molar-refractivity contribution in [3.05, 3.63) is 23.3 Å². The van der Waals surface area contributed by atoms with E-state index in [9.17, 15) is 9.59 Å². The van der Waals surface area contributed by atoms with Crippen LogP contribution in [0.1, 0.15) is 65.7 Å². The number of fused-ring (bicyclic) bond motifs is 5. The van der Waals surface area contributed by atoms with E-state index in [-0.39, 0.29) is 22.9 Å². The van der Waals surface area contributed by atoms with Gasteiger partial charge in [0.1, 0.15) is 12.4 Å². The molecule has 0 saturated heterocycles. The van der Waals surface area contributed by atoms with Gasteiger partial charge in [-0.15, -0.1) is 0 Å². The zero-order chi connectivity index (χ0) is 20.1. The van der Waals surface area contributed by atoms with Gasteiger partial charge in [-0.3, -0.25) is 0 Å². The standard InChI is InChI=1S/C24H34O4/c1-15(14-25)18-10-11-19-17-9-8-16-6-5-7-21(28-22(26)27-4)24(16,3)20(17)12-13-23(18,19)2/h8-9,14-15,18-21H,5-7,10-13H2,1-4H3/t15?,18-,19+,20+,21?,23-,24+/m1/s1. The maximum Gasteiger partial charge on any atom is 0.508 e. The SMILES string of the molecule is COC(=O)OC1CCCC2=CC=C3[C@@H]4CC[C@H](C(C)C=O)[C@@]4(C)CC[C@@H]3[C@]21C. The monoisotopic (exact) mass is 386 g/mol. The molecule has 7 atom stereocenters. The number of methoxy groups -OCH3 is 1. The molecule has 4 aliphatic rings. The average Bonchev–Trinajstić information content (AvgIpc) is 3.05. The van der Waals surface area contributed by atoms with E-state index in [0.717, 1.165) is 44.8 Å². The molecule has 0 bridgehead atoms. The van der Waals surface area contributed by atoms with Crippen molar-refractivity contribution in [3.8, 4) is 0 Å². The molecule has 28 heavy (non-hydrogen) atoms. The summed E-state index contributed by atoms with van der Waals surface area (Å²) in [6.45, 7) is 6.82. The average molecular weight is 387 g/mol. The number of carbonyl (C=O) groups excluding carboxylic acids is 2. The molecular formula is C24H34O4. The minimum absolute atomic E-state index is 0.121. The van der Waals surface area contributed by atoms with Crippen LogP contribution in [-0.4, -0.2) is 25.7 Å². The Balaban J connectivity index is 1.68. The molecule has 3 saturated carbocycles. The lowest BCUT2D eigenvalue weighted by atomic mass is 9.49. The Bertz CT molecular complexity index is 722. The second kappa shape index (κ2) is 7.03. The summed E-state index contributed by atoms with van der Waals surface area (Å²) in [4.78, 5) is 23.4. The highest BCUT2D eigenvalue weighted by Gasteiger charge is 2.59. The van der Waals surface area contributed by atoms with Crippen LogP contribution in [-0.2, 0) is 14.3 Å². The van der Waals surface area contributed by atoms with Crippen molar-refractivity contribution in [1.82, 2.24) is 0 Å². The number of rotatable bonds is 3. The minimum atomic E-state index is -0.565. The van der Waals surface area contributed by atoms with Gasteiger partial charge >= 0.3 is 6.16 Å². The molecule has 0 aromatic rings. The van der Waals surface area contributed by atoms with Crippen molar-refractivity contribution in [2.75, 3.05) is 7.11 Å². The Kier molecular flexibility index (Phi) is 4.96. The number of hydrogen-bond donors (Lipinski definition) is 0. The molecule has 0 aromatic carbocycles. The molecule has 2 unspecified atom stereocenters. The van der Waals surface area contributed by atoms with Crippen molar-refractivity contribution >= 4 is 12.4 Å². The summed E-state index contributed by atoms with van der Waals surface area (Å²) in [5.41, 5.74) is 3.05. The third kappa shape index (κ3) is 2.70. The smallest absolute Gasteiger partial charge is 0.438 e. The Morgan fingerprint density at radius 2 is 1.96 bits per heavy atom. The van der Waals surface area contributed by atoms with E-state index >= 15 is 0 Å². The molecule has 4 aliphatic carbocycles. The highest BCUT2D eigenvalue weighted by atomic mass is 16.7. The molecule has 0 aromatic heterocycles. The molecule has 4 rings (SSSR count). The van der Waals surface area contributed by atoms with Gasteiger partial charge in [0.05, 0.1) is 7.11 Å². The van der Waals surface area contributed by atoms with Crippen LogP contribution in [0.5, 0.6) is 0 Å². The molecule has 0 amide bonds. The largest absolute Gasteiger partial charge is 0.508 e. The summed E-state index contributed by atoms with van der Waals surface area (Å²) in [6, 6.07) is 0. The number of ether oxygens (including phenoxy) is 2. The number of allylic oxidation sites excluding steroid dienone is 3. The summed E-state index contributed by atoms with van der Waals surface area (Å²) in [5.74, 6) is 1.56. The number of carbonyl (C=O) groups is 2. The van der Waals surface area contributed by atoms with E-state index in [1.807, 2.05) is 0 Å². The number of hydrogen-bond acceptors (Lipinski definition) is 4. The maximum atomic E-state index is 11.9. The molecule has 4 heteroatoms. The molecule has 154 valence electrons. The van der Waals surface area contributed by atoms with Crippen LogP contribution in [0.25, 0.3) is 0 Å². The first-order valence-electron chi connectivity index (χ1n) is 11.0. The van der Waals surface area contributed by atoms with Gasteiger partial charge in [0.25, 0.3) is 0 Å². The second-order valence-corrected chi connectivity index (χ2v) is 9.92. The van der Waals surface area contributed by atoms with Gasteiger partial charge in [0, 0.05) is 11.3 Å². The molecule has 3 fully saturated rings. The zero-order valence-corrected chi connectivity index (χ0v) is 17.7. The molecule has 4 nitrogen and oxygen atoms in total. The normalized spacial score (nSPS) is 42.9. The van der Waals surface area contributed by atoms with E-state index in [0.29, 0.717) is 17.8 Å². The highest BCUT2D eigenvalue weighted by Crippen LogP contribution is 2.66. The highest BCUT2D eigenvalue weighted by molar-refractivity contribution is 5.60. The predicted molar refractivity (Wildman–Crippen MR) is 108 cm³/mol. The second-order valence-electron chi connectivity index (χ2n) is 9.92. The lowest BCUT2D eigenvalue weighted by Gasteiger charge is -2.56. The maximum absolute atomic E-state index is 11.9. The Morgan fingerprint density at radius 1 is 1.18 bits per heavy atom. The van der Waals surface area contributed by atoms with Gasteiger partial charge in [-0.1, -0.05) is 44.1 Å². The van der Waals surface area contributed by atoms with Crippen LogP contribution in [0.3, 0.4) is 0 Å². The lowest BCUT2D eigenvalue weighted by Crippen LogP contribution is -2.51. The van der Waals surface area contributed by atoms with Crippen molar-refractivity contribution < 1.29 is 19.1 Å². The summed E-state index contributed by atoms with van der Waals surface area (Å²) in [6.07, 6.45) is 12.8. The lowest BCUT2D eigenvalue weighted by molar-refractivity contribution is -0.113. The Hall–Kier alpha value is -1.58. The van der Waals surface area contributed by atoms with Crippen LogP contribution in [0.4, 0.5) is 4.79 Å². The van der Waals surface area contributed by atoms with E-state index in [4.69, 9.17) is 9.47 Å². The predicted octanol–water partition coefficient (Wildman–Crippen LogP) is 5.47. The Labute approximate surface area is 168 Å². The van der Waals surface area contributed by atoms with Gasteiger partial charge < -0.3 is 14.3 Å². The first-order valence-corrected chi connectivity index (χ1v) is 11.0. The first-order chi connectivity index (χ1) is 13.4. The van der Waals surface area contributed by atoms with Crippen molar-refractivity contribution in [2.24, 2.45) is 34.5 Å². The van der Waals surface area contributed by atoms with Gasteiger partial charge in [0.2, 0.25) is 0 Å².